The molecule has 1 aromatic rings. The van der Waals surface area contributed by atoms with Crippen LogP contribution in [0.15, 0.2) is 18.2 Å². The van der Waals surface area contributed by atoms with Crippen LogP contribution in [0.1, 0.15) is 13.3 Å². The number of rotatable bonds is 4. The van der Waals surface area contributed by atoms with Crippen LogP contribution in [-0.2, 0) is 4.79 Å². The van der Waals surface area contributed by atoms with E-state index in [0.717, 1.165) is 0 Å². The van der Waals surface area contributed by atoms with E-state index in [4.69, 9.17) is 9.84 Å². The fourth-order valence-electron chi connectivity index (χ4n) is 2.21. The van der Waals surface area contributed by atoms with E-state index in [1.165, 1.54) is 23.1 Å². The van der Waals surface area contributed by atoms with Crippen LogP contribution in [0, 0.1) is 11.7 Å². The number of likely N-dealkylation sites (tertiary alicyclic amines) is 1. The topological polar surface area (TPSA) is 78.9 Å². The summed E-state index contributed by atoms with van der Waals surface area (Å²) in [5, 5.41) is 11.6. The zero-order chi connectivity index (χ0) is 15.4. The van der Waals surface area contributed by atoms with Crippen LogP contribution in [-0.4, -0.2) is 41.7 Å². The molecule has 6 nitrogen and oxygen atoms in total. The highest BCUT2D eigenvalue weighted by atomic mass is 19.1. The maximum absolute atomic E-state index is 13.2. The molecule has 0 bridgehead atoms. The highest BCUT2D eigenvalue weighted by Crippen LogP contribution is 2.26. The Morgan fingerprint density at radius 2 is 2.29 bits per heavy atom. The number of urea groups is 1. The van der Waals surface area contributed by atoms with E-state index in [1.54, 1.807) is 6.92 Å². The zero-order valence-electron chi connectivity index (χ0n) is 11.6. The van der Waals surface area contributed by atoms with E-state index in [9.17, 15) is 14.0 Å². The largest absolute Gasteiger partial charge is 0.492 e. The lowest BCUT2D eigenvalue weighted by molar-refractivity contribution is -0.141. The highest BCUT2D eigenvalue weighted by molar-refractivity contribution is 5.91. The Balaban J connectivity index is 2.05. The van der Waals surface area contributed by atoms with Gasteiger partial charge in [0.25, 0.3) is 0 Å². The molecular formula is C14H17FN2O4. The third-order valence-corrected chi connectivity index (χ3v) is 3.31. The second-order valence-electron chi connectivity index (χ2n) is 4.77. The number of carbonyl (C=O) groups is 2. The molecule has 0 radical (unpaired) electrons. The van der Waals surface area contributed by atoms with Crippen molar-refractivity contribution in [3.63, 3.8) is 0 Å². The molecule has 0 saturated carbocycles. The molecule has 2 rings (SSSR count). The van der Waals surface area contributed by atoms with Crippen LogP contribution >= 0.6 is 0 Å². The molecule has 1 heterocycles. The number of anilines is 1. The third-order valence-electron chi connectivity index (χ3n) is 3.31. The van der Waals surface area contributed by atoms with E-state index in [2.05, 4.69) is 5.32 Å². The molecule has 1 aromatic carbocycles. The van der Waals surface area contributed by atoms with Gasteiger partial charge >= 0.3 is 12.0 Å². The number of halogens is 1. The van der Waals surface area contributed by atoms with E-state index in [1.807, 2.05) is 0 Å². The Kier molecular flexibility index (Phi) is 4.62. The van der Waals surface area contributed by atoms with Gasteiger partial charge in [-0.05, 0) is 25.5 Å². The van der Waals surface area contributed by atoms with Gasteiger partial charge in [0.2, 0.25) is 0 Å². The number of ether oxygens (including phenoxy) is 1. The first kappa shape index (κ1) is 15.1. The minimum Gasteiger partial charge on any atom is -0.492 e. The fraction of sp³-hybridized carbons (Fsp3) is 0.429. The number of benzene rings is 1. The molecule has 7 heteroatoms. The minimum atomic E-state index is -0.901. The van der Waals surface area contributed by atoms with Crippen molar-refractivity contribution >= 4 is 17.7 Å². The van der Waals surface area contributed by atoms with Gasteiger partial charge in [0, 0.05) is 19.2 Å². The Labute approximate surface area is 121 Å². The van der Waals surface area contributed by atoms with Crippen molar-refractivity contribution in [2.75, 3.05) is 25.0 Å². The fourth-order valence-corrected chi connectivity index (χ4v) is 2.21. The average Bonchev–Trinajstić information content (AvgIpc) is 2.92. The van der Waals surface area contributed by atoms with Crippen LogP contribution in [0.2, 0.25) is 0 Å². The van der Waals surface area contributed by atoms with Crippen molar-refractivity contribution in [3.8, 4) is 5.75 Å². The van der Waals surface area contributed by atoms with Crippen molar-refractivity contribution < 1.29 is 23.8 Å². The average molecular weight is 296 g/mol. The van der Waals surface area contributed by atoms with Gasteiger partial charge in [-0.3, -0.25) is 4.79 Å². The molecule has 1 atom stereocenters. The number of carbonyl (C=O) groups excluding carboxylic acids is 1. The molecule has 0 aromatic heterocycles. The second kappa shape index (κ2) is 6.43. The number of nitrogens with zero attached hydrogens (tertiary/aromatic N) is 1. The molecule has 2 N–H and O–H groups in total. The summed E-state index contributed by atoms with van der Waals surface area (Å²) in [5.74, 6) is -1.64. The van der Waals surface area contributed by atoms with Gasteiger partial charge in [0.1, 0.15) is 11.6 Å². The Morgan fingerprint density at radius 3 is 2.90 bits per heavy atom. The van der Waals surface area contributed by atoms with E-state index in [0.29, 0.717) is 25.3 Å². The quantitative estimate of drug-likeness (QED) is 0.892. The number of carboxylic acid groups (broad SMARTS) is 1. The second-order valence-corrected chi connectivity index (χ2v) is 4.77. The summed E-state index contributed by atoms with van der Waals surface area (Å²) < 4.78 is 18.5. The molecular weight excluding hydrogens is 279 g/mol. The van der Waals surface area contributed by atoms with Crippen molar-refractivity contribution in [1.29, 1.82) is 0 Å². The molecule has 0 aliphatic carbocycles. The number of aliphatic carboxylic acids is 1. The molecule has 1 aliphatic heterocycles. The van der Waals surface area contributed by atoms with Gasteiger partial charge in [-0.1, -0.05) is 0 Å². The number of hydrogen-bond donors (Lipinski definition) is 2. The zero-order valence-corrected chi connectivity index (χ0v) is 11.6. The molecule has 1 aliphatic rings. The number of hydrogen-bond acceptors (Lipinski definition) is 3. The third kappa shape index (κ3) is 3.62. The Bertz CT molecular complexity index is 550. The lowest BCUT2D eigenvalue weighted by Gasteiger charge is -2.18. The van der Waals surface area contributed by atoms with Gasteiger partial charge < -0.3 is 20.1 Å². The van der Waals surface area contributed by atoms with Gasteiger partial charge in [-0.2, -0.15) is 0 Å². The lowest BCUT2D eigenvalue weighted by atomic mass is 10.1. The predicted octanol–water partition coefficient (Wildman–Crippen LogP) is 2.16. The van der Waals surface area contributed by atoms with Crippen LogP contribution in [0.3, 0.4) is 0 Å². The summed E-state index contributed by atoms with van der Waals surface area (Å²) in [5.41, 5.74) is 0.363. The van der Waals surface area contributed by atoms with Crippen molar-refractivity contribution in [1.82, 2.24) is 4.90 Å². The first-order valence-electron chi connectivity index (χ1n) is 6.72. The lowest BCUT2D eigenvalue weighted by Crippen LogP contribution is -2.33. The molecule has 1 saturated heterocycles. The number of nitrogens with one attached hydrogen (secondary N) is 1. The van der Waals surface area contributed by atoms with Crippen LogP contribution in [0.25, 0.3) is 0 Å². The van der Waals surface area contributed by atoms with Gasteiger partial charge in [-0.25, -0.2) is 9.18 Å². The minimum absolute atomic E-state index is 0.173. The van der Waals surface area contributed by atoms with Gasteiger partial charge in [0.15, 0.2) is 0 Å². The first-order chi connectivity index (χ1) is 10.0. The smallest absolute Gasteiger partial charge is 0.321 e. The monoisotopic (exact) mass is 296 g/mol. The van der Waals surface area contributed by atoms with Crippen molar-refractivity contribution in [2.24, 2.45) is 5.92 Å². The molecule has 2 amide bonds. The predicted molar refractivity (Wildman–Crippen MR) is 73.9 cm³/mol. The summed E-state index contributed by atoms with van der Waals surface area (Å²) in [6.07, 6.45) is 0.435. The van der Waals surface area contributed by atoms with E-state index >= 15 is 0 Å². The molecule has 21 heavy (non-hydrogen) atoms. The first-order valence-corrected chi connectivity index (χ1v) is 6.72. The van der Waals surface area contributed by atoms with Crippen molar-refractivity contribution in [3.05, 3.63) is 24.0 Å². The molecule has 0 spiro atoms. The SMILES string of the molecule is CCOc1cc(F)ccc1NC(=O)N1CCC(C(=O)O)C1. The van der Waals surface area contributed by atoms with E-state index < -0.39 is 23.7 Å². The molecule has 1 fully saturated rings. The standard InChI is InChI=1S/C14H17FN2O4/c1-2-21-12-7-10(15)3-4-11(12)16-14(20)17-6-5-9(8-17)13(18)19/h3-4,7,9H,2,5-6,8H2,1H3,(H,16,20)(H,18,19). The van der Waals surface area contributed by atoms with Crippen LogP contribution < -0.4 is 10.1 Å². The summed E-state index contributed by atoms with van der Waals surface area (Å²) in [6.45, 7) is 2.66. The summed E-state index contributed by atoms with van der Waals surface area (Å²) in [6, 6.07) is 3.43. The highest BCUT2D eigenvalue weighted by Gasteiger charge is 2.31. The summed E-state index contributed by atoms with van der Waals surface area (Å²) in [7, 11) is 0. The van der Waals surface area contributed by atoms with Crippen molar-refractivity contribution in [2.45, 2.75) is 13.3 Å². The van der Waals surface area contributed by atoms with Crippen LogP contribution in [0.4, 0.5) is 14.9 Å². The summed E-state index contributed by atoms with van der Waals surface area (Å²) >= 11 is 0. The number of amides is 2. The van der Waals surface area contributed by atoms with E-state index in [-0.39, 0.29) is 12.3 Å². The number of carboxylic acids is 1. The Morgan fingerprint density at radius 1 is 1.52 bits per heavy atom. The summed E-state index contributed by atoms with van der Waals surface area (Å²) in [4.78, 5) is 24.4. The van der Waals surface area contributed by atoms with Gasteiger partial charge in [-0.15, -0.1) is 0 Å². The molecule has 1 unspecified atom stereocenters. The van der Waals surface area contributed by atoms with Gasteiger partial charge in [0.05, 0.1) is 18.2 Å². The Hall–Kier alpha value is -2.31. The normalized spacial score (nSPS) is 17.6. The van der Waals surface area contributed by atoms with Crippen LogP contribution in [0.5, 0.6) is 5.75 Å². The maximum Gasteiger partial charge on any atom is 0.321 e. The molecule has 114 valence electrons. The maximum atomic E-state index is 13.2.